The second kappa shape index (κ2) is 5.84. The van der Waals surface area contributed by atoms with Crippen LogP contribution in [0.25, 0.3) is 0 Å². The van der Waals surface area contributed by atoms with Crippen molar-refractivity contribution < 1.29 is 4.42 Å². The summed E-state index contributed by atoms with van der Waals surface area (Å²) in [6.07, 6.45) is 5.18. The Labute approximate surface area is 121 Å². The Kier molecular flexibility index (Phi) is 3.93. The maximum absolute atomic E-state index is 5.60. The molecule has 20 heavy (non-hydrogen) atoms. The van der Waals surface area contributed by atoms with Crippen LogP contribution in [-0.4, -0.2) is 0 Å². The third-order valence-electron chi connectivity index (χ3n) is 4.25. The fraction of sp³-hybridized carbons (Fsp3) is 0.444. The van der Waals surface area contributed by atoms with Gasteiger partial charge in [-0.25, -0.2) is 0 Å². The summed E-state index contributed by atoms with van der Waals surface area (Å²) in [6.45, 7) is 4.99. The van der Waals surface area contributed by atoms with Crippen LogP contribution < -0.4 is 5.32 Å². The van der Waals surface area contributed by atoms with Gasteiger partial charge >= 0.3 is 0 Å². The van der Waals surface area contributed by atoms with Gasteiger partial charge in [-0.2, -0.15) is 0 Å². The zero-order valence-electron chi connectivity index (χ0n) is 12.4. The van der Waals surface area contributed by atoms with Crippen LogP contribution in [-0.2, 0) is 19.4 Å². The summed E-state index contributed by atoms with van der Waals surface area (Å²) >= 11 is 0. The molecule has 1 heterocycles. The SMILES string of the molecule is Cc1ccc(CNC(C)c2ccc3c(c2)CCCC3)o1. The zero-order chi connectivity index (χ0) is 13.9. The smallest absolute Gasteiger partial charge is 0.117 e. The van der Waals surface area contributed by atoms with Crippen molar-refractivity contribution in [3.05, 3.63) is 58.5 Å². The standard InChI is InChI=1S/C18H23NO/c1-13-7-10-18(20-13)12-19-14(2)16-9-8-15-5-3-4-6-17(15)11-16/h7-11,14,19H,3-6,12H2,1-2H3. The number of fused-ring (bicyclic) bond motifs is 1. The molecule has 1 aromatic carbocycles. The van der Waals surface area contributed by atoms with Gasteiger partial charge in [0.15, 0.2) is 0 Å². The van der Waals surface area contributed by atoms with Crippen LogP contribution in [0.1, 0.15) is 54.0 Å². The molecule has 1 aliphatic carbocycles. The molecule has 0 spiro atoms. The number of benzene rings is 1. The molecule has 0 fully saturated rings. The number of aryl methyl sites for hydroxylation is 3. The highest BCUT2D eigenvalue weighted by molar-refractivity contribution is 5.35. The lowest BCUT2D eigenvalue weighted by Gasteiger charge is -2.19. The van der Waals surface area contributed by atoms with Crippen molar-refractivity contribution in [2.24, 2.45) is 0 Å². The number of furan rings is 1. The van der Waals surface area contributed by atoms with E-state index >= 15 is 0 Å². The van der Waals surface area contributed by atoms with Gasteiger partial charge in [0.1, 0.15) is 11.5 Å². The molecule has 2 nitrogen and oxygen atoms in total. The molecule has 2 aromatic rings. The molecule has 1 unspecified atom stereocenters. The quantitative estimate of drug-likeness (QED) is 0.894. The lowest BCUT2D eigenvalue weighted by Crippen LogP contribution is -2.18. The van der Waals surface area contributed by atoms with E-state index in [1.165, 1.54) is 31.2 Å². The summed E-state index contributed by atoms with van der Waals surface area (Å²) in [5.74, 6) is 1.98. The van der Waals surface area contributed by atoms with E-state index in [0.29, 0.717) is 6.04 Å². The van der Waals surface area contributed by atoms with Gasteiger partial charge in [-0.1, -0.05) is 18.2 Å². The largest absolute Gasteiger partial charge is 0.465 e. The average molecular weight is 269 g/mol. The fourth-order valence-electron chi connectivity index (χ4n) is 2.97. The first kappa shape index (κ1) is 13.4. The van der Waals surface area contributed by atoms with Gasteiger partial charge in [-0.15, -0.1) is 0 Å². The molecule has 0 bridgehead atoms. The average Bonchev–Trinajstić information content (AvgIpc) is 2.90. The number of hydrogen-bond acceptors (Lipinski definition) is 2. The molecule has 106 valence electrons. The van der Waals surface area contributed by atoms with Crippen molar-refractivity contribution in [1.82, 2.24) is 5.32 Å². The Balaban J connectivity index is 1.66. The van der Waals surface area contributed by atoms with Crippen molar-refractivity contribution in [1.29, 1.82) is 0 Å². The van der Waals surface area contributed by atoms with Crippen LogP contribution in [0, 0.1) is 6.92 Å². The number of hydrogen-bond donors (Lipinski definition) is 1. The monoisotopic (exact) mass is 269 g/mol. The minimum Gasteiger partial charge on any atom is -0.465 e. The summed E-state index contributed by atoms with van der Waals surface area (Å²) in [7, 11) is 0. The first-order chi connectivity index (χ1) is 9.72. The minimum atomic E-state index is 0.354. The zero-order valence-corrected chi connectivity index (χ0v) is 12.4. The van der Waals surface area contributed by atoms with Gasteiger partial charge in [0, 0.05) is 6.04 Å². The summed E-state index contributed by atoms with van der Waals surface area (Å²) in [5.41, 5.74) is 4.49. The van der Waals surface area contributed by atoms with Gasteiger partial charge in [0.2, 0.25) is 0 Å². The molecule has 1 aliphatic rings. The third kappa shape index (κ3) is 2.96. The van der Waals surface area contributed by atoms with E-state index in [1.54, 1.807) is 11.1 Å². The molecule has 3 rings (SSSR count). The van der Waals surface area contributed by atoms with Crippen molar-refractivity contribution in [2.45, 2.75) is 52.1 Å². The Morgan fingerprint density at radius 3 is 2.65 bits per heavy atom. The highest BCUT2D eigenvalue weighted by Crippen LogP contribution is 2.25. The van der Waals surface area contributed by atoms with Crippen LogP contribution in [0.2, 0.25) is 0 Å². The maximum atomic E-state index is 5.60. The van der Waals surface area contributed by atoms with E-state index in [4.69, 9.17) is 4.42 Å². The normalized spacial score (nSPS) is 15.9. The second-order valence-electron chi connectivity index (χ2n) is 5.85. The molecule has 2 heteroatoms. The van der Waals surface area contributed by atoms with Crippen LogP contribution in [0.15, 0.2) is 34.7 Å². The van der Waals surface area contributed by atoms with E-state index in [2.05, 4.69) is 30.4 Å². The lowest BCUT2D eigenvalue weighted by atomic mass is 9.89. The van der Waals surface area contributed by atoms with Crippen molar-refractivity contribution >= 4 is 0 Å². The maximum Gasteiger partial charge on any atom is 0.117 e. The topological polar surface area (TPSA) is 25.2 Å². The van der Waals surface area contributed by atoms with Gasteiger partial charge in [0.05, 0.1) is 6.54 Å². The van der Waals surface area contributed by atoms with Gasteiger partial charge in [-0.3, -0.25) is 0 Å². The van der Waals surface area contributed by atoms with Crippen molar-refractivity contribution in [3.8, 4) is 0 Å². The van der Waals surface area contributed by atoms with Gasteiger partial charge < -0.3 is 9.73 Å². The third-order valence-corrected chi connectivity index (χ3v) is 4.25. The Hall–Kier alpha value is -1.54. The van der Waals surface area contributed by atoms with Crippen molar-refractivity contribution in [3.63, 3.8) is 0 Å². The van der Waals surface area contributed by atoms with Crippen LogP contribution in [0.3, 0.4) is 0 Å². The summed E-state index contributed by atoms with van der Waals surface area (Å²) < 4.78 is 5.60. The highest BCUT2D eigenvalue weighted by atomic mass is 16.3. The minimum absolute atomic E-state index is 0.354. The molecule has 1 N–H and O–H groups in total. The molecular formula is C18H23NO. The molecular weight excluding hydrogens is 246 g/mol. The van der Waals surface area contributed by atoms with E-state index in [9.17, 15) is 0 Å². The van der Waals surface area contributed by atoms with Crippen molar-refractivity contribution in [2.75, 3.05) is 0 Å². The van der Waals surface area contributed by atoms with Gasteiger partial charge in [0.25, 0.3) is 0 Å². The van der Waals surface area contributed by atoms with E-state index in [1.807, 2.05) is 19.1 Å². The van der Waals surface area contributed by atoms with E-state index in [-0.39, 0.29) is 0 Å². The molecule has 0 amide bonds. The predicted molar refractivity (Wildman–Crippen MR) is 81.8 cm³/mol. The van der Waals surface area contributed by atoms with E-state index in [0.717, 1.165) is 18.1 Å². The molecule has 0 saturated heterocycles. The Morgan fingerprint density at radius 2 is 1.90 bits per heavy atom. The molecule has 0 radical (unpaired) electrons. The van der Waals surface area contributed by atoms with Crippen LogP contribution >= 0.6 is 0 Å². The first-order valence-electron chi connectivity index (χ1n) is 7.63. The van der Waals surface area contributed by atoms with Crippen LogP contribution in [0.5, 0.6) is 0 Å². The molecule has 0 saturated carbocycles. The summed E-state index contributed by atoms with van der Waals surface area (Å²) in [5, 5.41) is 3.54. The molecule has 1 atom stereocenters. The van der Waals surface area contributed by atoms with Crippen LogP contribution in [0.4, 0.5) is 0 Å². The van der Waals surface area contributed by atoms with E-state index < -0.39 is 0 Å². The number of nitrogens with one attached hydrogen (secondary N) is 1. The molecule has 1 aromatic heterocycles. The first-order valence-corrected chi connectivity index (χ1v) is 7.63. The Morgan fingerprint density at radius 1 is 1.10 bits per heavy atom. The Bertz CT molecular complexity index is 585. The van der Waals surface area contributed by atoms with Gasteiger partial charge in [-0.05, 0) is 68.4 Å². The lowest BCUT2D eigenvalue weighted by molar-refractivity contribution is 0.444. The highest BCUT2D eigenvalue weighted by Gasteiger charge is 2.12. The molecule has 0 aliphatic heterocycles. The second-order valence-corrected chi connectivity index (χ2v) is 5.85. The number of rotatable bonds is 4. The fourth-order valence-corrected chi connectivity index (χ4v) is 2.97. The summed E-state index contributed by atoms with van der Waals surface area (Å²) in [4.78, 5) is 0. The predicted octanol–water partition coefficient (Wildman–Crippen LogP) is 4.32. The summed E-state index contributed by atoms with van der Waals surface area (Å²) in [6, 6.07) is 11.4.